The molecule has 0 radical (unpaired) electrons. The Kier molecular flexibility index (Phi) is 6.08. The van der Waals surface area contributed by atoms with Gasteiger partial charge in [0.2, 0.25) is 0 Å². The minimum atomic E-state index is -0.485. The summed E-state index contributed by atoms with van der Waals surface area (Å²) in [6.07, 6.45) is 4.94. The SMILES string of the molecule is C[C@@H]1CN(c2cc(-c3cc(F)cc(-c4ccc(-n5ccn(C)c5=O)c(Cl)c4)c3O)ccn2)CCN1. The lowest BCUT2D eigenvalue weighted by Crippen LogP contribution is -2.49. The normalized spacial score (nSPS) is 16.0. The average Bonchev–Trinajstić information content (AvgIpc) is 3.18. The zero-order valence-electron chi connectivity index (χ0n) is 19.4. The van der Waals surface area contributed by atoms with Gasteiger partial charge >= 0.3 is 5.69 Å². The van der Waals surface area contributed by atoms with Crippen LogP contribution in [-0.2, 0) is 7.05 Å². The van der Waals surface area contributed by atoms with Crippen LogP contribution in [0.2, 0.25) is 5.02 Å². The quantitative estimate of drug-likeness (QED) is 0.445. The van der Waals surface area contributed by atoms with Crippen molar-refractivity contribution in [1.29, 1.82) is 0 Å². The summed E-state index contributed by atoms with van der Waals surface area (Å²) in [6, 6.07) is 11.6. The molecule has 2 N–H and O–H groups in total. The number of pyridine rings is 1. The topological polar surface area (TPSA) is 75.3 Å². The minimum Gasteiger partial charge on any atom is -0.507 e. The summed E-state index contributed by atoms with van der Waals surface area (Å²) in [5.41, 5.74) is 2.14. The zero-order chi connectivity index (χ0) is 24.7. The summed E-state index contributed by atoms with van der Waals surface area (Å²) in [5.74, 6) is 0.237. The largest absolute Gasteiger partial charge is 0.507 e. The molecule has 4 aromatic rings. The first-order valence-corrected chi connectivity index (χ1v) is 11.7. The third-order valence-electron chi connectivity index (χ3n) is 6.29. The molecule has 0 amide bonds. The van der Waals surface area contributed by atoms with E-state index in [-0.39, 0.29) is 11.4 Å². The van der Waals surface area contributed by atoms with Gasteiger partial charge < -0.3 is 19.9 Å². The third kappa shape index (κ3) is 4.42. The monoisotopic (exact) mass is 493 g/mol. The van der Waals surface area contributed by atoms with E-state index in [2.05, 4.69) is 22.1 Å². The number of hydrogen-bond acceptors (Lipinski definition) is 5. The van der Waals surface area contributed by atoms with E-state index in [4.69, 9.17) is 11.6 Å². The van der Waals surface area contributed by atoms with Gasteiger partial charge in [-0.2, -0.15) is 0 Å². The predicted octanol–water partition coefficient (Wildman–Crippen LogP) is 4.20. The number of aromatic nitrogens is 3. The maximum absolute atomic E-state index is 14.8. The molecule has 0 unspecified atom stereocenters. The lowest BCUT2D eigenvalue weighted by molar-refractivity contribution is 0.477. The Morgan fingerprint density at radius 3 is 2.51 bits per heavy atom. The van der Waals surface area contributed by atoms with Crippen LogP contribution < -0.4 is 15.9 Å². The van der Waals surface area contributed by atoms with Crippen LogP contribution in [0.15, 0.2) is 65.8 Å². The molecule has 2 aromatic heterocycles. The number of piperazine rings is 1. The highest BCUT2D eigenvalue weighted by Gasteiger charge is 2.20. The van der Waals surface area contributed by atoms with Gasteiger partial charge in [0.05, 0.1) is 10.7 Å². The molecule has 2 aromatic carbocycles. The summed E-state index contributed by atoms with van der Waals surface area (Å²) in [6.45, 7) is 4.60. The van der Waals surface area contributed by atoms with Crippen LogP contribution >= 0.6 is 11.6 Å². The maximum atomic E-state index is 14.8. The number of halogens is 2. The van der Waals surface area contributed by atoms with E-state index in [9.17, 15) is 14.3 Å². The maximum Gasteiger partial charge on any atom is 0.332 e. The highest BCUT2D eigenvalue weighted by molar-refractivity contribution is 6.32. The molecule has 0 aliphatic carbocycles. The number of nitrogens with one attached hydrogen (secondary N) is 1. The molecule has 0 saturated carbocycles. The molecule has 1 saturated heterocycles. The lowest BCUT2D eigenvalue weighted by Gasteiger charge is -2.32. The summed E-state index contributed by atoms with van der Waals surface area (Å²) >= 11 is 6.50. The fourth-order valence-electron chi connectivity index (χ4n) is 4.46. The van der Waals surface area contributed by atoms with Crippen molar-refractivity contribution in [3.05, 3.63) is 82.4 Å². The number of rotatable bonds is 4. The number of benzene rings is 2. The van der Waals surface area contributed by atoms with E-state index in [1.807, 2.05) is 6.07 Å². The Labute approximate surface area is 207 Å². The Balaban J connectivity index is 1.54. The van der Waals surface area contributed by atoms with Crippen LogP contribution in [0, 0.1) is 5.82 Å². The molecule has 9 heteroatoms. The minimum absolute atomic E-state index is 0.0575. The van der Waals surface area contributed by atoms with E-state index in [0.717, 1.165) is 25.5 Å². The van der Waals surface area contributed by atoms with Gasteiger partial charge in [-0.15, -0.1) is 0 Å². The second-order valence-corrected chi connectivity index (χ2v) is 9.19. The smallest absolute Gasteiger partial charge is 0.332 e. The summed E-state index contributed by atoms with van der Waals surface area (Å²) in [7, 11) is 1.65. The predicted molar refractivity (Wildman–Crippen MR) is 136 cm³/mol. The standard InChI is InChI=1S/C26H25ClFN5O2/c1-16-15-32(8-7-29-16)24-12-18(5-6-30-24)21-14-19(28)13-20(25(21)34)17-3-4-23(22(27)11-17)33-10-9-31(2)26(33)35/h3-6,9-14,16,29,34H,7-8,15H2,1-2H3/t16-/m1/s1. The number of aryl methyl sites for hydroxylation is 1. The van der Waals surface area contributed by atoms with Crippen molar-refractivity contribution in [1.82, 2.24) is 19.4 Å². The number of nitrogens with zero attached hydrogens (tertiary/aromatic N) is 4. The first-order valence-electron chi connectivity index (χ1n) is 11.3. The highest BCUT2D eigenvalue weighted by Crippen LogP contribution is 2.40. The van der Waals surface area contributed by atoms with Gasteiger partial charge in [-0.25, -0.2) is 14.2 Å². The van der Waals surface area contributed by atoms with Gasteiger partial charge in [-0.1, -0.05) is 17.7 Å². The van der Waals surface area contributed by atoms with Crippen LogP contribution in [0.5, 0.6) is 5.75 Å². The Bertz CT molecular complexity index is 1460. The highest BCUT2D eigenvalue weighted by atomic mass is 35.5. The summed E-state index contributed by atoms with van der Waals surface area (Å²) in [4.78, 5) is 19.0. The Hall–Kier alpha value is -3.62. The third-order valence-corrected chi connectivity index (χ3v) is 6.59. The van der Waals surface area contributed by atoms with Gasteiger partial charge in [0, 0.05) is 62.4 Å². The number of aromatic hydroxyl groups is 1. The van der Waals surface area contributed by atoms with Crippen molar-refractivity contribution in [3.63, 3.8) is 0 Å². The van der Waals surface area contributed by atoms with Crippen LogP contribution in [0.4, 0.5) is 10.2 Å². The Morgan fingerprint density at radius 2 is 1.86 bits per heavy atom. The van der Waals surface area contributed by atoms with E-state index in [1.54, 1.807) is 49.9 Å². The molecular weight excluding hydrogens is 469 g/mol. The number of phenolic OH excluding ortho intramolecular Hbond substituents is 1. The molecule has 180 valence electrons. The molecule has 3 heterocycles. The van der Waals surface area contributed by atoms with Crippen molar-refractivity contribution in [3.8, 4) is 33.7 Å². The van der Waals surface area contributed by atoms with Crippen molar-refractivity contribution < 1.29 is 9.50 Å². The van der Waals surface area contributed by atoms with E-state index in [0.29, 0.717) is 39.0 Å². The number of imidazole rings is 1. The van der Waals surface area contributed by atoms with Crippen molar-refractivity contribution in [2.75, 3.05) is 24.5 Å². The summed E-state index contributed by atoms with van der Waals surface area (Å²) in [5, 5.41) is 14.9. The van der Waals surface area contributed by atoms with E-state index >= 15 is 0 Å². The fourth-order valence-corrected chi connectivity index (χ4v) is 4.73. The lowest BCUT2D eigenvalue weighted by atomic mass is 9.97. The zero-order valence-corrected chi connectivity index (χ0v) is 20.1. The summed E-state index contributed by atoms with van der Waals surface area (Å²) < 4.78 is 17.6. The first-order chi connectivity index (χ1) is 16.8. The van der Waals surface area contributed by atoms with Gasteiger partial charge in [0.1, 0.15) is 17.4 Å². The molecule has 0 spiro atoms. The van der Waals surface area contributed by atoms with Crippen LogP contribution in [0.25, 0.3) is 27.9 Å². The van der Waals surface area contributed by atoms with Crippen LogP contribution in [0.1, 0.15) is 6.92 Å². The van der Waals surface area contributed by atoms with Crippen molar-refractivity contribution in [2.24, 2.45) is 7.05 Å². The second-order valence-electron chi connectivity index (χ2n) is 8.78. The molecule has 1 aliphatic heterocycles. The van der Waals surface area contributed by atoms with Gasteiger partial charge in [-0.3, -0.25) is 4.57 Å². The van der Waals surface area contributed by atoms with Crippen LogP contribution in [0.3, 0.4) is 0 Å². The van der Waals surface area contributed by atoms with Crippen LogP contribution in [-0.4, -0.2) is 44.9 Å². The molecule has 5 rings (SSSR count). The van der Waals surface area contributed by atoms with Gasteiger partial charge in [-0.05, 0) is 54.4 Å². The molecule has 7 nitrogen and oxygen atoms in total. The molecular formula is C26H25ClFN5O2. The fraction of sp³-hybridized carbons (Fsp3) is 0.231. The average molecular weight is 494 g/mol. The molecule has 35 heavy (non-hydrogen) atoms. The second kappa shape index (κ2) is 9.20. The Morgan fingerprint density at radius 1 is 1.11 bits per heavy atom. The molecule has 1 fully saturated rings. The number of phenols is 1. The van der Waals surface area contributed by atoms with Crippen molar-refractivity contribution in [2.45, 2.75) is 13.0 Å². The molecule has 1 atom stereocenters. The van der Waals surface area contributed by atoms with Gasteiger partial charge in [0.25, 0.3) is 0 Å². The molecule has 1 aliphatic rings. The van der Waals surface area contributed by atoms with E-state index < -0.39 is 5.82 Å². The molecule has 0 bridgehead atoms. The number of anilines is 1. The van der Waals surface area contributed by atoms with Crippen molar-refractivity contribution >= 4 is 17.4 Å². The number of hydrogen-bond donors (Lipinski definition) is 2. The first kappa shape index (κ1) is 23.1. The van der Waals surface area contributed by atoms with Gasteiger partial charge in [0.15, 0.2) is 0 Å². The van der Waals surface area contributed by atoms with E-state index in [1.165, 1.54) is 21.3 Å².